The third-order valence-electron chi connectivity index (χ3n) is 5.59. The number of halogens is 6. The summed E-state index contributed by atoms with van der Waals surface area (Å²) in [6.45, 7) is 3.71. The van der Waals surface area contributed by atoms with E-state index < -0.39 is 24.3 Å². The van der Waals surface area contributed by atoms with E-state index in [1.165, 1.54) is 4.88 Å². The third kappa shape index (κ3) is 10.8. The molecule has 4 rings (SSSR count). The first kappa shape index (κ1) is 32.0. The molecular formula is C23H25F6N3O6S. The first-order valence-electron chi connectivity index (χ1n) is 11.3. The van der Waals surface area contributed by atoms with E-state index in [4.69, 9.17) is 24.5 Å². The normalized spacial score (nSPS) is 21.2. The van der Waals surface area contributed by atoms with E-state index in [0.29, 0.717) is 12.2 Å². The summed E-state index contributed by atoms with van der Waals surface area (Å²) in [6.07, 6.45) is -4.07. The molecule has 2 aromatic heterocycles. The molecule has 216 valence electrons. The summed E-state index contributed by atoms with van der Waals surface area (Å²) in [5.41, 5.74) is 0.511. The van der Waals surface area contributed by atoms with Crippen LogP contribution in [0.3, 0.4) is 0 Å². The van der Waals surface area contributed by atoms with Gasteiger partial charge in [-0.2, -0.15) is 26.3 Å². The molecule has 3 N–H and O–H groups in total. The van der Waals surface area contributed by atoms with Gasteiger partial charge >= 0.3 is 24.3 Å². The average Bonchev–Trinajstić information content (AvgIpc) is 3.49. The molecule has 2 aliphatic heterocycles. The molecule has 0 aromatic carbocycles. The van der Waals surface area contributed by atoms with Gasteiger partial charge in [-0.15, -0.1) is 11.3 Å². The van der Waals surface area contributed by atoms with E-state index in [1.807, 2.05) is 0 Å². The van der Waals surface area contributed by atoms with Gasteiger partial charge in [0.2, 0.25) is 0 Å². The first-order valence-corrected chi connectivity index (χ1v) is 12.2. The smallest absolute Gasteiger partial charge is 0.475 e. The van der Waals surface area contributed by atoms with Crippen LogP contribution in [0.5, 0.6) is 0 Å². The Hall–Kier alpha value is -3.24. The van der Waals surface area contributed by atoms with Crippen molar-refractivity contribution in [3.8, 4) is 0 Å². The standard InChI is InChI=1S/C19H23N3O2S.2C2HF3O2/c23-18(15-3-1-7-20-12-15)21-16-5-9-24-19(11-16)6-8-22(14-19)13-17-4-2-10-25-17;2*3-2(4,5)1(6)7/h1-4,7,10,12,16H,5-6,8-9,11,13-14H2,(H,21,23);2*(H,6,7)/t16-,19-;;/m1../s1. The Bertz CT molecular complexity index is 1060. The number of ether oxygens (including phenoxy) is 1. The van der Waals surface area contributed by atoms with E-state index in [9.17, 15) is 31.1 Å². The minimum atomic E-state index is -5.08. The quantitative estimate of drug-likeness (QED) is 0.460. The number of aromatic nitrogens is 1. The number of nitrogens with one attached hydrogen (secondary N) is 1. The fourth-order valence-electron chi connectivity index (χ4n) is 3.89. The minimum Gasteiger partial charge on any atom is -0.475 e. The lowest BCUT2D eigenvalue weighted by molar-refractivity contribution is -0.193. The van der Waals surface area contributed by atoms with Gasteiger partial charge < -0.3 is 20.3 Å². The van der Waals surface area contributed by atoms with Crippen molar-refractivity contribution < 1.29 is 55.7 Å². The number of nitrogens with zero attached hydrogens (tertiary/aromatic N) is 2. The number of pyridine rings is 1. The largest absolute Gasteiger partial charge is 0.490 e. The second kappa shape index (κ2) is 13.7. The number of carboxylic acids is 2. The summed E-state index contributed by atoms with van der Waals surface area (Å²) in [4.78, 5) is 38.1. The lowest BCUT2D eigenvalue weighted by Crippen LogP contribution is -2.49. The molecular weight excluding hydrogens is 560 g/mol. The Labute approximate surface area is 222 Å². The van der Waals surface area contributed by atoms with Gasteiger partial charge in [0.15, 0.2) is 0 Å². The van der Waals surface area contributed by atoms with Crippen molar-refractivity contribution in [2.24, 2.45) is 0 Å². The topological polar surface area (TPSA) is 129 Å². The molecule has 0 radical (unpaired) electrons. The van der Waals surface area contributed by atoms with Crippen LogP contribution in [0.15, 0.2) is 42.0 Å². The number of hydrogen-bond acceptors (Lipinski definition) is 7. The fraction of sp³-hybridized carbons (Fsp3) is 0.478. The predicted molar refractivity (Wildman–Crippen MR) is 125 cm³/mol. The van der Waals surface area contributed by atoms with E-state index >= 15 is 0 Å². The zero-order valence-corrected chi connectivity index (χ0v) is 21.0. The van der Waals surface area contributed by atoms with Crippen molar-refractivity contribution in [3.63, 3.8) is 0 Å². The Morgan fingerprint density at radius 3 is 2.26 bits per heavy atom. The number of carbonyl (C=O) groups is 3. The van der Waals surface area contributed by atoms with Gasteiger partial charge in [0.1, 0.15) is 0 Å². The Morgan fingerprint density at radius 1 is 1.10 bits per heavy atom. The number of likely N-dealkylation sites (tertiary alicyclic amines) is 1. The summed E-state index contributed by atoms with van der Waals surface area (Å²) in [6, 6.07) is 8.06. The molecule has 2 aromatic rings. The molecule has 1 spiro atoms. The molecule has 2 atom stereocenters. The van der Waals surface area contributed by atoms with Crippen LogP contribution in [0.4, 0.5) is 26.3 Å². The van der Waals surface area contributed by atoms with Crippen LogP contribution in [0, 0.1) is 0 Å². The molecule has 0 aliphatic carbocycles. The van der Waals surface area contributed by atoms with Crippen LogP contribution in [0.2, 0.25) is 0 Å². The highest BCUT2D eigenvalue weighted by Gasteiger charge is 2.43. The van der Waals surface area contributed by atoms with Crippen LogP contribution in [-0.4, -0.2) is 81.6 Å². The number of carbonyl (C=O) groups excluding carboxylic acids is 1. The molecule has 1 amide bonds. The molecule has 39 heavy (non-hydrogen) atoms. The summed E-state index contributed by atoms with van der Waals surface area (Å²) < 4.78 is 69.7. The zero-order chi connectivity index (χ0) is 29.3. The van der Waals surface area contributed by atoms with E-state index in [-0.39, 0.29) is 17.6 Å². The van der Waals surface area contributed by atoms with Crippen molar-refractivity contribution in [1.29, 1.82) is 0 Å². The zero-order valence-electron chi connectivity index (χ0n) is 20.2. The van der Waals surface area contributed by atoms with Gasteiger partial charge in [-0.1, -0.05) is 6.07 Å². The van der Waals surface area contributed by atoms with Crippen molar-refractivity contribution in [1.82, 2.24) is 15.2 Å². The molecule has 16 heteroatoms. The number of hydrogen-bond donors (Lipinski definition) is 3. The second-order valence-electron chi connectivity index (χ2n) is 8.58. The molecule has 2 saturated heterocycles. The lowest BCUT2D eigenvalue weighted by Gasteiger charge is -2.38. The van der Waals surface area contributed by atoms with E-state index in [0.717, 1.165) is 38.9 Å². The van der Waals surface area contributed by atoms with Crippen molar-refractivity contribution in [2.75, 3.05) is 19.7 Å². The van der Waals surface area contributed by atoms with Crippen molar-refractivity contribution >= 4 is 29.2 Å². The molecule has 9 nitrogen and oxygen atoms in total. The van der Waals surface area contributed by atoms with Crippen molar-refractivity contribution in [2.45, 2.75) is 49.8 Å². The van der Waals surface area contributed by atoms with Gasteiger partial charge in [0, 0.05) is 49.6 Å². The van der Waals surface area contributed by atoms with Crippen LogP contribution in [0.25, 0.3) is 0 Å². The maximum atomic E-state index is 12.4. The highest BCUT2D eigenvalue weighted by molar-refractivity contribution is 7.09. The van der Waals surface area contributed by atoms with E-state index in [1.54, 1.807) is 35.9 Å². The maximum Gasteiger partial charge on any atom is 0.490 e. The molecule has 2 fully saturated rings. The number of carboxylic acid groups (broad SMARTS) is 2. The summed E-state index contributed by atoms with van der Waals surface area (Å²) in [7, 11) is 0. The number of rotatable bonds is 4. The number of aliphatic carboxylic acids is 2. The highest BCUT2D eigenvalue weighted by Crippen LogP contribution is 2.35. The van der Waals surface area contributed by atoms with Gasteiger partial charge in [0.05, 0.1) is 11.2 Å². The molecule has 4 heterocycles. The lowest BCUT2D eigenvalue weighted by atomic mass is 9.89. The van der Waals surface area contributed by atoms with Gasteiger partial charge in [0.25, 0.3) is 5.91 Å². The number of alkyl halides is 6. The number of thiophene rings is 1. The average molecular weight is 586 g/mol. The summed E-state index contributed by atoms with van der Waals surface area (Å²) in [5.74, 6) is -5.55. The van der Waals surface area contributed by atoms with E-state index in [2.05, 4.69) is 32.7 Å². The summed E-state index contributed by atoms with van der Waals surface area (Å²) >= 11 is 1.81. The molecule has 0 saturated carbocycles. The third-order valence-corrected chi connectivity index (χ3v) is 6.45. The molecule has 2 aliphatic rings. The van der Waals surface area contributed by atoms with Crippen LogP contribution in [-0.2, 0) is 20.9 Å². The van der Waals surface area contributed by atoms with Gasteiger partial charge in [-0.3, -0.25) is 14.7 Å². The second-order valence-corrected chi connectivity index (χ2v) is 9.61. The van der Waals surface area contributed by atoms with Crippen LogP contribution >= 0.6 is 11.3 Å². The van der Waals surface area contributed by atoms with Crippen molar-refractivity contribution in [3.05, 3.63) is 52.5 Å². The van der Waals surface area contributed by atoms with Gasteiger partial charge in [-0.05, 0) is 42.8 Å². The maximum absolute atomic E-state index is 12.4. The Kier molecular flexibility index (Phi) is 11.2. The minimum absolute atomic E-state index is 0.0383. The Balaban J connectivity index is 0.000000317. The molecule has 0 unspecified atom stereocenters. The predicted octanol–water partition coefficient (Wildman–Crippen LogP) is 3.96. The van der Waals surface area contributed by atoms with Crippen LogP contribution < -0.4 is 5.32 Å². The summed E-state index contributed by atoms with van der Waals surface area (Å²) in [5, 5.41) is 19.5. The monoisotopic (exact) mass is 585 g/mol. The van der Waals surface area contributed by atoms with Gasteiger partial charge in [-0.25, -0.2) is 9.59 Å². The number of amides is 1. The fourth-order valence-corrected chi connectivity index (χ4v) is 4.63. The Morgan fingerprint density at radius 2 is 1.74 bits per heavy atom. The first-order chi connectivity index (χ1) is 18.1. The molecule has 0 bridgehead atoms. The van der Waals surface area contributed by atoms with Crippen LogP contribution in [0.1, 0.15) is 34.5 Å². The SMILES string of the molecule is O=C(N[C@@H]1CCO[C@]2(CCN(Cc3cccs3)C2)C1)c1cccnc1.O=C(O)C(F)(F)F.O=C(O)C(F)(F)F. The highest BCUT2D eigenvalue weighted by atomic mass is 32.1.